The molecule has 0 saturated heterocycles. The minimum Gasteiger partial charge on any atom is -0.444 e. The van der Waals surface area contributed by atoms with E-state index >= 15 is 0 Å². The van der Waals surface area contributed by atoms with Crippen LogP contribution in [0, 0.1) is 5.82 Å². The lowest BCUT2D eigenvalue weighted by Gasteiger charge is -2.19. The summed E-state index contributed by atoms with van der Waals surface area (Å²) in [5, 5.41) is 2.53. The normalized spacial score (nSPS) is 12.4. The van der Waals surface area contributed by atoms with Crippen molar-refractivity contribution in [2.45, 2.75) is 65.3 Å². The number of carbonyl (C=O) groups excluding carboxylic acids is 1. The Kier molecular flexibility index (Phi) is 6.64. The van der Waals surface area contributed by atoms with Crippen LogP contribution < -0.4 is 5.32 Å². The fourth-order valence-corrected chi connectivity index (χ4v) is 3.13. The lowest BCUT2D eigenvalue weighted by molar-refractivity contribution is 0.0522. The maximum atomic E-state index is 14.4. The van der Waals surface area contributed by atoms with Crippen molar-refractivity contribution in [2.75, 3.05) is 6.61 Å². The summed E-state index contributed by atoms with van der Waals surface area (Å²) in [6.45, 7) is 13.2. The number of nitrogens with one attached hydrogen (secondary N) is 1. The Hall–Kier alpha value is -1.93. The van der Waals surface area contributed by atoms with Gasteiger partial charge < -0.3 is 19.4 Å². The highest BCUT2D eigenvalue weighted by Gasteiger charge is 2.17. The van der Waals surface area contributed by atoms with E-state index in [1.54, 1.807) is 20.8 Å². The van der Waals surface area contributed by atoms with Gasteiger partial charge in [-0.05, 0) is 32.9 Å². The Morgan fingerprint density at radius 2 is 2.04 bits per heavy atom. The number of ether oxygens (including phenoxy) is 2. The fraction of sp³-hybridized carbons (Fsp3) is 0.579. The first kappa shape index (κ1) is 21.4. The van der Waals surface area contributed by atoms with Crippen molar-refractivity contribution in [3.05, 3.63) is 29.8 Å². The smallest absolute Gasteiger partial charge is 0.407 e. The Labute approximate surface area is 161 Å². The predicted octanol–water partition coefficient (Wildman–Crippen LogP) is 4.51. The monoisotopic (exact) mass is 395 g/mol. The maximum Gasteiger partial charge on any atom is 0.407 e. The average molecular weight is 396 g/mol. The number of alkyl carbamates (subject to hydrolysis) is 1. The highest BCUT2D eigenvalue weighted by Crippen LogP contribution is 2.18. The summed E-state index contributed by atoms with van der Waals surface area (Å²) >= 11 is 0. The molecule has 0 saturated carbocycles. The summed E-state index contributed by atoms with van der Waals surface area (Å²) in [5.41, 5.74) is 0.894. The van der Waals surface area contributed by atoms with Crippen molar-refractivity contribution >= 4 is 25.2 Å². The Morgan fingerprint density at radius 3 is 2.67 bits per heavy atom. The number of halogens is 1. The SMILES string of the molecule is CC(C)(C)OC(=O)NCc1nc2ccn(COCC[Si](C)(C)C)c2cc1F. The van der Waals surface area contributed by atoms with E-state index in [1.165, 1.54) is 6.07 Å². The number of pyridine rings is 1. The summed E-state index contributed by atoms with van der Waals surface area (Å²) < 4.78 is 27.1. The molecule has 2 aromatic rings. The van der Waals surface area contributed by atoms with Crippen molar-refractivity contribution < 1.29 is 18.7 Å². The fourth-order valence-electron chi connectivity index (χ4n) is 2.37. The zero-order valence-corrected chi connectivity index (χ0v) is 18.1. The first-order valence-electron chi connectivity index (χ1n) is 9.13. The molecule has 6 nitrogen and oxygen atoms in total. The Bertz CT molecular complexity index is 794. The largest absolute Gasteiger partial charge is 0.444 e. The minimum absolute atomic E-state index is 0.0332. The number of rotatable bonds is 7. The summed E-state index contributed by atoms with van der Waals surface area (Å²) in [6.07, 6.45) is 1.23. The molecule has 2 rings (SSSR count). The zero-order valence-electron chi connectivity index (χ0n) is 17.1. The molecule has 2 aromatic heterocycles. The van der Waals surface area contributed by atoms with Crippen LogP contribution in [-0.4, -0.2) is 35.9 Å². The highest BCUT2D eigenvalue weighted by molar-refractivity contribution is 6.76. The second kappa shape index (κ2) is 8.39. The van der Waals surface area contributed by atoms with Crippen LogP contribution in [0.2, 0.25) is 25.7 Å². The molecule has 0 aliphatic heterocycles. The van der Waals surface area contributed by atoms with Gasteiger partial charge >= 0.3 is 6.09 Å². The molecule has 0 aliphatic carbocycles. The summed E-state index contributed by atoms with van der Waals surface area (Å²) in [6, 6.07) is 4.32. The molecule has 0 atom stereocenters. The van der Waals surface area contributed by atoms with Gasteiger partial charge in [-0.25, -0.2) is 14.2 Å². The molecule has 27 heavy (non-hydrogen) atoms. The van der Waals surface area contributed by atoms with Gasteiger partial charge in [0.25, 0.3) is 0 Å². The van der Waals surface area contributed by atoms with Gasteiger partial charge in [-0.2, -0.15) is 0 Å². The molecule has 8 heteroatoms. The van der Waals surface area contributed by atoms with E-state index in [4.69, 9.17) is 9.47 Å². The van der Waals surface area contributed by atoms with Gasteiger partial charge in [0.1, 0.15) is 18.1 Å². The molecule has 0 aliphatic rings. The molecule has 0 unspecified atom stereocenters. The minimum atomic E-state index is -1.13. The highest BCUT2D eigenvalue weighted by atomic mass is 28.3. The van der Waals surface area contributed by atoms with Gasteiger partial charge in [-0.1, -0.05) is 19.6 Å². The van der Waals surface area contributed by atoms with Gasteiger partial charge in [0.15, 0.2) is 0 Å². The third-order valence-corrected chi connectivity index (χ3v) is 5.51. The quantitative estimate of drug-likeness (QED) is 0.553. The van der Waals surface area contributed by atoms with E-state index in [1.807, 2.05) is 16.8 Å². The van der Waals surface area contributed by atoms with Crippen molar-refractivity contribution in [3.8, 4) is 0 Å². The molecule has 0 radical (unpaired) electrons. The average Bonchev–Trinajstić information content (AvgIpc) is 2.88. The van der Waals surface area contributed by atoms with Gasteiger partial charge in [0, 0.05) is 26.9 Å². The second-order valence-electron chi connectivity index (χ2n) is 8.81. The number of carbonyl (C=O) groups is 1. The van der Waals surface area contributed by atoms with Crippen molar-refractivity contribution in [1.29, 1.82) is 0 Å². The van der Waals surface area contributed by atoms with Crippen LogP contribution in [0.25, 0.3) is 11.0 Å². The van der Waals surface area contributed by atoms with Crippen molar-refractivity contribution in [1.82, 2.24) is 14.9 Å². The predicted molar refractivity (Wildman–Crippen MR) is 107 cm³/mol. The van der Waals surface area contributed by atoms with Crippen LogP contribution in [0.5, 0.6) is 0 Å². The molecule has 150 valence electrons. The molecule has 1 amide bonds. The summed E-state index contributed by atoms with van der Waals surface area (Å²) in [7, 11) is -1.13. The Morgan fingerprint density at radius 1 is 1.33 bits per heavy atom. The van der Waals surface area contributed by atoms with Crippen LogP contribution >= 0.6 is 0 Å². The van der Waals surface area contributed by atoms with E-state index in [-0.39, 0.29) is 12.2 Å². The van der Waals surface area contributed by atoms with Crippen molar-refractivity contribution in [3.63, 3.8) is 0 Å². The first-order chi connectivity index (χ1) is 12.4. The maximum absolute atomic E-state index is 14.4. The lowest BCUT2D eigenvalue weighted by Crippen LogP contribution is -2.32. The van der Waals surface area contributed by atoms with Crippen LogP contribution in [0.1, 0.15) is 26.5 Å². The van der Waals surface area contributed by atoms with Gasteiger partial charge in [-0.15, -0.1) is 0 Å². The van der Waals surface area contributed by atoms with E-state index < -0.39 is 25.6 Å². The number of hydrogen-bond acceptors (Lipinski definition) is 4. The molecule has 1 N–H and O–H groups in total. The van der Waals surface area contributed by atoms with Gasteiger partial charge in [-0.3, -0.25) is 0 Å². The Balaban J connectivity index is 2.00. The van der Waals surface area contributed by atoms with Crippen LogP contribution in [0.15, 0.2) is 18.3 Å². The number of hydrogen-bond donors (Lipinski definition) is 1. The molecule has 0 spiro atoms. The molecule has 0 bridgehead atoms. The topological polar surface area (TPSA) is 65.4 Å². The van der Waals surface area contributed by atoms with Crippen LogP contribution in [0.3, 0.4) is 0 Å². The van der Waals surface area contributed by atoms with E-state index in [0.717, 1.165) is 6.04 Å². The van der Waals surface area contributed by atoms with E-state index in [9.17, 15) is 9.18 Å². The number of aromatic nitrogens is 2. The molecule has 2 heterocycles. The van der Waals surface area contributed by atoms with Gasteiger partial charge in [0.05, 0.1) is 23.3 Å². The van der Waals surface area contributed by atoms with Crippen LogP contribution in [0.4, 0.5) is 9.18 Å². The zero-order chi connectivity index (χ0) is 20.2. The third kappa shape index (κ3) is 6.95. The second-order valence-corrected chi connectivity index (χ2v) is 14.4. The molecule has 0 fully saturated rings. The lowest BCUT2D eigenvalue weighted by atomic mass is 10.2. The summed E-state index contributed by atoms with van der Waals surface area (Å²) in [5.74, 6) is -0.472. The third-order valence-electron chi connectivity index (χ3n) is 3.80. The first-order valence-corrected chi connectivity index (χ1v) is 12.8. The van der Waals surface area contributed by atoms with E-state index in [2.05, 4.69) is 29.9 Å². The van der Waals surface area contributed by atoms with Crippen molar-refractivity contribution in [2.24, 2.45) is 0 Å². The number of amides is 1. The van der Waals surface area contributed by atoms with E-state index in [0.29, 0.717) is 24.4 Å². The van der Waals surface area contributed by atoms with Crippen LogP contribution in [-0.2, 0) is 22.7 Å². The summed E-state index contributed by atoms with van der Waals surface area (Å²) in [4.78, 5) is 16.0. The number of fused-ring (bicyclic) bond motifs is 1. The number of nitrogens with zero attached hydrogens (tertiary/aromatic N) is 2. The molecular formula is C19H30FN3O3Si. The molecular weight excluding hydrogens is 365 g/mol. The standard InChI is InChI=1S/C19H30FN3O3Si/c1-19(2,3)26-18(24)21-12-16-14(20)11-17-15(22-16)7-8-23(17)13-25-9-10-27(4,5)6/h7-8,11H,9-10,12-13H2,1-6H3,(H,21,24). The van der Waals surface area contributed by atoms with Gasteiger partial charge in [0.2, 0.25) is 0 Å². The molecule has 0 aromatic carbocycles.